The van der Waals surface area contributed by atoms with Crippen LogP contribution in [0.1, 0.15) is 27.0 Å². The van der Waals surface area contributed by atoms with Crippen molar-refractivity contribution in [3.8, 4) is 11.5 Å². The van der Waals surface area contributed by atoms with E-state index >= 15 is 0 Å². The number of ether oxygens (including phenoxy) is 2. The number of benzene rings is 3. The summed E-state index contributed by atoms with van der Waals surface area (Å²) in [5.74, 6) is 0.157. The minimum absolute atomic E-state index is 0.139. The van der Waals surface area contributed by atoms with Crippen molar-refractivity contribution in [2.24, 2.45) is 5.10 Å². The summed E-state index contributed by atoms with van der Waals surface area (Å²) >= 11 is 6.00. The molecule has 0 saturated carbocycles. The molecule has 3 aromatic rings. The van der Waals surface area contributed by atoms with E-state index in [9.17, 15) is 9.59 Å². The Hall–Kier alpha value is -3.64. The molecule has 0 fully saturated rings. The topological polar surface area (TPSA) is 77.0 Å². The van der Waals surface area contributed by atoms with Crippen LogP contribution in [-0.2, 0) is 4.79 Å². The highest BCUT2D eigenvalue weighted by molar-refractivity contribution is 6.33. The largest absolute Gasteiger partial charge is 0.483 e. The highest BCUT2D eigenvalue weighted by Crippen LogP contribution is 2.22. The van der Waals surface area contributed by atoms with Crippen LogP contribution in [0.5, 0.6) is 11.5 Å². The molecule has 0 spiro atoms. The van der Waals surface area contributed by atoms with E-state index < -0.39 is 5.97 Å². The van der Waals surface area contributed by atoms with Crippen LogP contribution in [0.4, 0.5) is 0 Å². The molecule has 0 unspecified atom stereocenters. The third-order valence-corrected chi connectivity index (χ3v) is 4.67. The number of amides is 1. The fourth-order valence-electron chi connectivity index (χ4n) is 2.79. The molecule has 31 heavy (non-hydrogen) atoms. The van der Waals surface area contributed by atoms with Gasteiger partial charge >= 0.3 is 5.97 Å². The van der Waals surface area contributed by atoms with Crippen molar-refractivity contribution in [3.05, 3.63) is 94.0 Å². The van der Waals surface area contributed by atoms with E-state index in [0.29, 0.717) is 27.6 Å². The number of nitrogens with one attached hydrogen (secondary N) is 1. The first-order valence-electron chi connectivity index (χ1n) is 9.52. The fourth-order valence-corrected chi connectivity index (χ4v) is 3.00. The van der Waals surface area contributed by atoms with Crippen molar-refractivity contribution in [2.75, 3.05) is 6.61 Å². The molecular weight excluding hydrogens is 416 g/mol. The molecular formula is C24H21ClN2O4. The van der Waals surface area contributed by atoms with Gasteiger partial charge in [-0.2, -0.15) is 5.10 Å². The summed E-state index contributed by atoms with van der Waals surface area (Å²) < 4.78 is 10.9. The van der Waals surface area contributed by atoms with E-state index in [-0.39, 0.29) is 12.5 Å². The van der Waals surface area contributed by atoms with Gasteiger partial charge in [-0.05, 0) is 66.9 Å². The van der Waals surface area contributed by atoms with Crippen molar-refractivity contribution in [3.63, 3.8) is 0 Å². The van der Waals surface area contributed by atoms with Gasteiger partial charge in [-0.25, -0.2) is 10.2 Å². The van der Waals surface area contributed by atoms with Gasteiger partial charge in [-0.15, -0.1) is 0 Å². The molecule has 3 aromatic carbocycles. The van der Waals surface area contributed by atoms with Crippen LogP contribution >= 0.6 is 11.6 Å². The summed E-state index contributed by atoms with van der Waals surface area (Å²) in [6.45, 7) is 3.71. The zero-order valence-electron chi connectivity index (χ0n) is 17.1. The molecule has 158 valence electrons. The van der Waals surface area contributed by atoms with E-state index in [0.717, 1.165) is 11.1 Å². The Labute approximate surface area is 185 Å². The van der Waals surface area contributed by atoms with Crippen molar-refractivity contribution >= 4 is 29.7 Å². The monoisotopic (exact) mass is 436 g/mol. The number of hydrazone groups is 1. The third-order valence-electron chi connectivity index (χ3n) is 4.34. The molecule has 0 aliphatic heterocycles. The normalized spacial score (nSPS) is 10.7. The van der Waals surface area contributed by atoms with Crippen molar-refractivity contribution in [2.45, 2.75) is 13.8 Å². The fraction of sp³-hybridized carbons (Fsp3) is 0.125. The van der Waals surface area contributed by atoms with Crippen LogP contribution in [0.15, 0.2) is 71.8 Å². The quantitative estimate of drug-likeness (QED) is 0.252. The van der Waals surface area contributed by atoms with Crippen LogP contribution in [0.2, 0.25) is 5.02 Å². The molecule has 0 radical (unpaired) electrons. The molecule has 3 rings (SSSR count). The van der Waals surface area contributed by atoms with Gasteiger partial charge in [-0.3, -0.25) is 4.79 Å². The number of carbonyl (C=O) groups excluding carboxylic acids is 2. The molecule has 0 aliphatic rings. The van der Waals surface area contributed by atoms with Gasteiger partial charge in [0.25, 0.3) is 5.91 Å². The summed E-state index contributed by atoms with van der Waals surface area (Å²) in [7, 11) is 0. The average molecular weight is 437 g/mol. The lowest BCUT2D eigenvalue weighted by Gasteiger charge is -2.10. The molecule has 6 nitrogen and oxygen atoms in total. The number of para-hydroxylation sites is 1. The Morgan fingerprint density at radius 3 is 2.32 bits per heavy atom. The average Bonchev–Trinajstić information content (AvgIpc) is 2.75. The van der Waals surface area contributed by atoms with Crippen LogP contribution in [0.25, 0.3) is 0 Å². The second-order valence-corrected chi connectivity index (χ2v) is 7.15. The van der Waals surface area contributed by atoms with Gasteiger partial charge < -0.3 is 9.47 Å². The zero-order valence-corrected chi connectivity index (χ0v) is 17.8. The molecule has 0 saturated heterocycles. The molecule has 0 atom stereocenters. The zero-order chi connectivity index (χ0) is 22.2. The summed E-state index contributed by atoms with van der Waals surface area (Å²) in [5, 5.41) is 4.25. The highest BCUT2D eigenvalue weighted by Gasteiger charge is 2.12. The second kappa shape index (κ2) is 10.4. The molecule has 0 aromatic heterocycles. The van der Waals surface area contributed by atoms with Crippen molar-refractivity contribution in [1.82, 2.24) is 5.43 Å². The number of rotatable bonds is 7. The minimum atomic E-state index is -0.539. The van der Waals surface area contributed by atoms with Gasteiger partial charge in [-0.1, -0.05) is 41.9 Å². The summed E-state index contributed by atoms with van der Waals surface area (Å²) in [5.41, 5.74) is 5.36. The Kier molecular flexibility index (Phi) is 7.40. The Bertz CT molecular complexity index is 1090. The third kappa shape index (κ3) is 6.17. The summed E-state index contributed by atoms with van der Waals surface area (Å²) in [4.78, 5) is 24.1. The number of aryl methyl sites for hydroxylation is 2. The first kappa shape index (κ1) is 22.1. The van der Waals surface area contributed by atoms with Gasteiger partial charge in [0.05, 0.1) is 16.8 Å². The number of hydrogen-bond acceptors (Lipinski definition) is 5. The van der Waals surface area contributed by atoms with Crippen molar-refractivity contribution < 1.29 is 19.1 Å². The van der Waals surface area contributed by atoms with Gasteiger partial charge in [0, 0.05) is 0 Å². The number of hydrogen-bond donors (Lipinski definition) is 1. The van der Waals surface area contributed by atoms with E-state index in [2.05, 4.69) is 10.5 Å². The Balaban J connectivity index is 1.49. The lowest BCUT2D eigenvalue weighted by atomic mass is 10.1. The number of nitrogens with zero attached hydrogens (tertiary/aromatic N) is 1. The molecule has 7 heteroatoms. The molecule has 0 bridgehead atoms. The highest BCUT2D eigenvalue weighted by atomic mass is 35.5. The van der Waals surface area contributed by atoms with E-state index in [1.807, 2.05) is 32.0 Å². The van der Waals surface area contributed by atoms with Gasteiger partial charge in [0.15, 0.2) is 6.61 Å². The lowest BCUT2D eigenvalue weighted by molar-refractivity contribution is -0.123. The Morgan fingerprint density at radius 2 is 1.65 bits per heavy atom. The molecule has 1 N–H and O–H groups in total. The second-order valence-electron chi connectivity index (χ2n) is 6.74. The van der Waals surface area contributed by atoms with E-state index in [1.165, 1.54) is 6.21 Å². The van der Waals surface area contributed by atoms with Gasteiger partial charge in [0.1, 0.15) is 11.5 Å². The first-order valence-corrected chi connectivity index (χ1v) is 9.89. The van der Waals surface area contributed by atoms with Crippen LogP contribution in [-0.4, -0.2) is 24.7 Å². The predicted molar refractivity (Wildman–Crippen MR) is 120 cm³/mol. The van der Waals surface area contributed by atoms with Crippen LogP contribution in [0, 0.1) is 13.8 Å². The maximum absolute atomic E-state index is 12.2. The number of esters is 1. The molecule has 0 heterocycles. The van der Waals surface area contributed by atoms with E-state index in [1.54, 1.807) is 48.5 Å². The minimum Gasteiger partial charge on any atom is -0.483 e. The van der Waals surface area contributed by atoms with Gasteiger partial charge in [0.2, 0.25) is 0 Å². The number of carbonyl (C=O) groups is 2. The maximum Gasteiger partial charge on any atom is 0.345 e. The summed E-state index contributed by atoms with van der Waals surface area (Å²) in [6.07, 6.45) is 1.48. The smallest absolute Gasteiger partial charge is 0.345 e. The standard InChI is InChI=1S/C24H21ClN2O4/c1-16-6-5-7-17(2)23(16)30-15-22(28)27-26-14-18-10-12-19(13-11-18)31-24(29)20-8-3-4-9-21(20)25/h3-14H,15H2,1-2H3,(H,27,28)/b26-14-. The lowest BCUT2D eigenvalue weighted by Crippen LogP contribution is -2.25. The summed E-state index contributed by atoms with van der Waals surface area (Å²) in [6, 6.07) is 19.1. The van der Waals surface area contributed by atoms with E-state index in [4.69, 9.17) is 21.1 Å². The van der Waals surface area contributed by atoms with Crippen LogP contribution < -0.4 is 14.9 Å². The van der Waals surface area contributed by atoms with Crippen molar-refractivity contribution in [1.29, 1.82) is 0 Å². The molecule has 1 amide bonds. The first-order chi connectivity index (χ1) is 14.9. The maximum atomic E-state index is 12.2. The van der Waals surface area contributed by atoms with Crippen LogP contribution in [0.3, 0.4) is 0 Å². The molecule has 0 aliphatic carbocycles. The predicted octanol–water partition coefficient (Wildman–Crippen LogP) is 4.71. The Morgan fingerprint density at radius 1 is 0.968 bits per heavy atom. The number of halogens is 1. The SMILES string of the molecule is Cc1cccc(C)c1OCC(=O)N/N=C\c1ccc(OC(=O)c2ccccc2Cl)cc1.